The van der Waals surface area contributed by atoms with E-state index in [4.69, 9.17) is 0 Å². The van der Waals surface area contributed by atoms with Gasteiger partial charge in [0.1, 0.15) is 0 Å². The molecular weight excluding hydrogens is 326 g/mol. The Bertz CT molecular complexity index is 808. The predicted molar refractivity (Wildman–Crippen MR) is 122 cm³/mol. The van der Waals surface area contributed by atoms with Crippen LogP contribution in [0.2, 0.25) is 0 Å². The summed E-state index contributed by atoms with van der Waals surface area (Å²) in [6.45, 7) is 22.8. The minimum absolute atomic E-state index is 0.0874. The number of aryl methyl sites for hydroxylation is 1. The van der Waals surface area contributed by atoms with Gasteiger partial charge in [0, 0.05) is 18.4 Å². The van der Waals surface area contributed by atoms with Gasteiger partial charge in [0.05, 0.1) is 0 Å². The summed E-state index contributed by atoms with van der Waals surface area (Å²) in [4.78, 5) is 2.36. The molecule has 2 aromatic carbocycles. The van der Waals surface area contributed by atoms with Gasteiger partial charge < -0.3 is 4.90 Å². The van der Waals surface area contributed by atoms with Crippen LogP contribution in [0.3, 0.4) is 0 Å². The molecule has 0 saturated heterocycles. The monoisotopic (exact) mass is 365 g/mol. The van der Waals surface area contributed by atoms with Gasteiger partial charge in [0.2, 0.25) is 0 Å². The van der Waals surface area contributed by atoms with Crippen molar-refractivity contribution in [3.63, 3.8) is 0 Å². The van der Waals surface area contributed by atoms with Crippen LogP contribution < -0.4 is 4.90 Å². The average molecular weight is 366 g/mol. The Hall–Kier alpha value is -1.76. The van der Waals surface area contributed by atoms with Crippen molar-refractivity contribution < 1.29 is 0 Å². The Kier molecular flexibility index (Phi) is 5.59. The van der Waals surface area contributed by atoms with E-state index in [0.29, 0.717) is 0 Å². The van der Waals surface area contributed by atoms with Crippen molar-refractivity contribution in [2.75, 3.05) is 11.9 Å². The second-order valence-electron chi connectivity index (χ2n) is 11.0. The fourth-order valence-electron chi connectivity index (χ4n) is 3.52. The van der Waals surface area contributed by atoms with Gasteiger partial charge in [-0.1, -0.05) is 86.6 Å². The highest BCUT2D eigenvalue weighted by atomic mass is 15.1. The number of benzene rings is 2. The summed E-state index contributed by atoms with van der Waals surface area (Å²) in [7, 11) is 2.19. The standard InChI is InChI=1S/C26H39N/c1-18-16-19(24(2,3)4)12-14-22(18)27(11)23-15-13-20(25(5,6)7)17-21(23)26(8,9)10/h12-17H,1-11H3. The van der Waals surface area contributed by atoms with E-state index in [1.807, 2.05) is 0 Å². The molecule has 0 spiro atoms. The number of hydrogen-bond donors (Lipinski definition) is 0. The number of anilines is 2. The molecular formula is C26H39N. The summed E-state index contributed by atoms with van der Waals surface area (Å²) in [5.41, 5.74) is 8.49. The first kappa shape index (κ1) is 21.5. The van der Waals surface area contributed by atoms with Crippen LogP contribution in [-0.2, 0) is 16.2 Å². The zero-order valence-corrected chi connectivity index (χ0v) is 19.4. The van der Waals surface area contributed by atoms with E-state index in [9.17, 15) is 0 Å². The molecule has 0 unspecified atom stereocenters. The fourth-order valence-corrected chi connectivity index (χ4v) is 3.52. The van der Waals surface area contributed by atoms with Crippen LogP contribution in [0.25, 0.3) is 0 Å². The molecule has 0 bridgehead atoms. The van der Waals surface area contributed by atoms with Crippen LogP contribution in [0.15, 0.2) is 36.4 Å². The zero-order valence-electron chi connectivity index (χ0n) is 19.4. The van der Waals surface area contributed by atoms with Gasteiger partial charge in [0.15, 0.2) is 0 Å². The van der Waals surface area contributed by atoms with E-state index in [1.54, 1.807) is 0 Å². The van der Waals surface area contributed by atoms with Crippen LogP contribution in [0, 0.1) is 6.92 Å². The molecule has 0 radical (unpaired) electrons. The maximum atomic E-state index is 2.41. The van der Waals surface area contributed by atoms with Gasteiger partial charge in [-0.3, -0.25) is 0 Å². The number of nitrogens with zero attached hydrogens (tertiary/aromatic N) is 1. The number of hydrogen-bond acceptors (Lipinski definition) is 1. The largest absolute Gasteiger partial charge is 0.344 e. The lowest BCUT2D eigenvalue weighted by Gasteiger charge is -2.32. The minimum atomic E-state index is 0.0874. The Balaban J connectivity index is 2.58. The summed E-state index contributed by atoms with van der Waals surface area (Å²) in [5.74, 6) is 0. The van der Waals surface area contributed by atoms with Gasteiger partial charge in [-0.05, 0) is 57.6 Å². The van der Waals surface area contributed by atoms with Gasteiger partial charge in [0.25, 0.3) is 0 Å². The lowest BCUT2D eigenvalue weighted by atomic mass is 9.79. The Labute approximate surface area is 167 Å². The normalized spacial score (nSPS) is 13.0. The van der Waals surface area contributed by atoms with Crippen LogP contribution >= 0.6 is 0 Å². The maximum absolute atomic E-state index is 2.41. The second kappa shape index (κ2) is 7.00. The molecule has 0 N–H and O–H groups in total. The molecule has 0 atom stereocenters. The van der Waals surface area contributed by atoms with E-state index < -0.39 is 0 Å². The summed E-state index contributed by atoms with van der Waals surface area (Å²) >= 11 is 0. The van der Waals surface area contributed by atoms with Gasteiger partial charge in [-0.15, -0.1) is 0 Å². The Morgan fingerprint density at radius 1 is 0.593 bits per heavy atom. The summed E-state index contributed by atoms with van der Waals surface area (Å²) in [6.07, 6.45) is 0. The van der Waals surface area contributed by atoms with Crippen LogP contribution in [0.5, 0.6) is 0 Å². The second-order valence-corrected chi connectivity index (χ2v) is 11.0. The van der Waals surface area contributed by atoms with Crippen LogP contribution in [0.1, 0.15) is 84.6 Å². The minimum Gasteiger partial charge on any atom is -0.344 e. The third-order valence-corrected chi connectivity index (χ3v) is 5.46. The van der Waals surface area contributed by atoms with E-state index in [2.05, 4.69) is 118 Å². The van der Waals surface area contributed by atoms with Gasteiger partial charge >= 0.3 is 0 Å². The van der Waals surface area contributed by atoms with E-state index >= 15 is 0 Å². The zero-order chi connectivity index (χ0) is 20.8. The predicted octanol–water partition coefficient (Wildman–Crippen LogP) is 7.66. The average Bonchev–Trinajstić information content (AvgIpc) is 2.51. The molecule has 0 saturated carbocycles. The third-order valence-electron chi connectivity index (χ3n) is 5.46. The molecule has 0 fully saturated rings. The highest BCUT2D eigenvalue weighted by molar-refractivity contribution is 5.70. The van der Waals surface area contributed by atoms with Gasteiger partial charge in [-0.25, -0.2) is 0 Å². The summed E-state index contributed by atoms with van der Waals surface area (Å²) in [5, 5.41) is 0. The third kappa shape index (κ3) is 4.75. The highest BCUT2D eigenvalue weighted by Crippen LogP contribution is 2.39. The van der Waals surface area contributed by atoms with Crippen LogP contribution in [0.4, 0.5) is 11.4 Å². The van der Waals surface area contributed by atoms with Crippen molar-refractivity contribution in [1.82, 2.24) is 0 Å². The van der Waals surface area contributed by atoms with Crippen molar-refractivity contribution in [3.8, 4) is 0 Å². The van der Waals surface area contributed by atoms with E-state index in [-0.39, 0.29) is 16.2 Å². The molecule has 0 aliphatic carbocycles. The highest BCUT2D eigenvalue weighted by Gasteiger charge is 2.25. The maximum Gasteiger partial charge on any atom is 0.0446 e. The quantitative estimate of drug-likeness (QED) is 0.528. The molecule has 0 aliphatic heterocycles. The van der Waals surface area contributed by atoms with Crippen molar-refractivity contribution in [2.24, 2.45) is 0 Å². The molecule has 0 amide bonds. The Morgan fingerprint density at radius 2 is 1.04 bits per heavy atom. The first-order chi connectivity index (χ1) is 12.1. The summed E-state index contributed by atoms with van der Waals surface area (Å²) in [6, 6.07) is 13.9. The molecule has 27 heavy (non-hydrogen) atoms. The van der Waals surface area contributed by atoms with E-state index in [0.717, 1.165) is 0 Å². The first-order valence-electron chi connectivity index (χ1n) is 10.1. The van der Waals surface area contributed by atoms with Gasteiger partial charge in [-0.2, -0.15) is 0 Å². The first-order valence-corrected chi connectivity index (χ1v) is 10.1. The Morgan fingerprint density at radius 3 is 1.44 bits per heavy atom. The lowest BCUT2D eigenvalue weighted by molar-refractivity contribution is 0.569. The summed E-state index contributed by atoms with van der Waals surface area (Å²) < 4.78 is 0. The van der Waals surface area contributed by atoms with Crippen molar-refractivity contribution >= 4 is 11.4 Å². The molecule has 0 aliphatic rings. The molecule has 1 heteroatoms. The molecule has 1 nitrogen and oxygen atoms in total. The van der Waals surface area contributed by atoms with E-state index in [1.165, 1.54) is 33.6 Å². The number of rotatable bonds is 2. The van der Waals surface area contributed by atoms with Crippen molar-refractivity contribution in [2.45, 2.75) is 85.5 Å². The smallest absolute Gasteiger partial charge is 0.0446 e. The fraction of sp³-hybridized carbons (Fsp3) is 0.538. The van der Waals surface area contributed by atoms with Crippen LogP contribution in [-0.4, -0.2) is 7.05 Å². The topological polar surface area (TPSA) is 3.24 Å². The molecule has 0 aromatic heterocycles. The SMILES string of the molecule is Cc1cc(C(C)(C)C)ccc1N(C)c1ccc(C(C)(C)C)cc1C(C)(C)C. The van der Waals surface area contributed by atoms with Crippen molar-refractivity contribution in [1.29, 1.82) is 0 Å². The lowest BCUT2D eigenvalue weighted by Crippen LogP contribution is -2.22. The molecule has 148 valence electrons. The molecule has 0 heterocycles. The molecule has 2 aromatic rings. The van der Waals surface area contributed by atoms with Crippen molar-refractivity contribution in [3.05, 3.63) is 58.7 Å². The molecule has 2 rings (SSSR count).